The summed E-state index contributed by atoms with van der Waals surface area (Å²) in [5.74, 6) is -1.03. The number of aliphatic carboxylic acids is 1. The lowest BCUT2D eigenvalue weighted by Crippen LogP contribution is -2.45. The third kappa shape index (κ3) is 6.23. The quantitative estimate of drug-likeness (QED) is 0.677. The van der Waals surface area contributed by atoms with Crippen molar-refractivity contribution in [1.82, 2.24) is 15.1 Å². The first-order valence-corrected chi connectivity index (χ1v) is 5.23. The van der Waals surface area contributed by atoms with Gasteiger partial charge in [-0.15, -0.1) is 0 Å². The predicted molar refractivity (Wildman–Crippen MR) is 61.4 cm³/mol. The molecule has 0 saturated carbocycles. The van der Waals surface area contributed by atoms with Crippen molar-refractivity contribution in [3.8, 4) is 0 Å². The Kier molecular flexibility index (Phi) is 6.48. The molecule has 0 aromatic carbocycles. The Morgan fingerprint density at radius 2 is 1.81 bits per heavy atom. The second-order valence-corrected chi connectivity index (χ2v) is 4.09. The van der Waals surface area contributed by atoms with Gasteiger partial charge in [0, 0.05) is 13.6 Å². The minimum absolute atomic E-state index is 0.353. The van der Waals surface area contributed by atoms with Gasteiger partial charge in [-0.05, 0) is 34.0 Å². The maximum Gasteiger partial charge on any atom is 0.325 e. The van der Waals surface area contributed by atoms with Crippen LogP contribution >= 0.6 is 0 Å². The van der Waals surface area contributed by atoms with E-state index in [2.05, 4.69) is 5.32 Å². The van der Waals surface area contributed by atoms with Crippen LogP contribution in [0.25, 0.3) is 0 Å². The first-order valence-electron chi connectivity index (χ1n) is 5.23. The molecule has 0 aliphatic rings. The normalized spacial score (nSPS) is 12.3. The van der Waals surface area contributed by atoms with Crippen LogP contribution in [0.5, 0.6) is 0 Å². The van der Waals surface area contributed by atoms with Gasteiger partial charge < -0.3 is 20.2 Å². The Morgan fingerprint density at radius 1 is 1.25 bits per heavy atom. The first-order chi connectivity index (χ1) is 7.34. The van der Waals surface area contributed by atoms with Crippen molar-refractivity contribution < 1.29 is 14.7 Å². The van der Waals surface area contributed by atoms with Crippen LogP contribution in [-0.4, -0.2) is 67.2 Å². The van der Waals surface area contributed by atoms with E-state index in [1.165, 1.54) is 11.8 Å². The number of hydrogen-bond donors (Lipinski definition) is 2. The first kappa shape index (κ1) is 14.7. The van der Waals surface area contributed by atoms with E-state index >= 15 is 0 Å². The van der Waals surface area contributed by atoms with E-state index in [1.54, 1.807) is 7.05 Å². The Hall–Kier alpha value is -1.30. The zero-order valence-electron chi connectivity index (χ0n) is 10.4. The number of amides is 2. The SMILES string of the molecule is CC(NC(=O)N(C)CCCN(C)C)C(=O)O. The van der Waals surface area contributed by atoms with Gasteiger partial charge in [-0.25, -0.2) is 4.79 Å². The predicted octanol–water partition coefficient (Wildman–Crippen LogP) is 0.0526. The smallest absolute Gasteiger partial charge is 0.325 e. The highest BCUT2D eigenvalue weighted by Gasteiger charge is 2.16. The van der Waals surface area contributed by atoms with Crippen molar-refractivity contribution in [3.05, 3.63) is 0 Å². The molecule has 0 heterocycles. The summed E-state index contributed by atoms with van der Waals surface area (Å²) in [4.78, 5) is 25.5. The molecule has 0 aromatic heterocycles. The highest BCUT2D eigenvalue weighted by Crippen LogP contribution is 1.92. The number of urea groups is 1. The molecule has 1 unspecified atom stereocenters. The molecule has 0 spiro atoms. The summed E-state index contributed by atoms with van der Waals surface area (Å²) in [7, 11) is 5.58. The fourth-order valence-corrected chi connectivity index (χ4v) is 1.08. The minimum Gasteiger partial charge on any atom is -0.480 e. The van der Waals surface area contributed by atoms with Crippen LogP contribution < -0.4 is 5.32 Å². The van der Waals surface area contributed by atoms with Gasteiger partial charge in [0.1, 0.15) is 6.04 Å². The van der Waals surface area contributed by atoms with E-state index in [0.717, 1.165) is 13.0 Å². The van der Waals surface area contributed by atoms with Crippen LogP contribution in [0, 0.1) is 0 Å². The van der Waals surface area contributed by atoms with E-state index in [1.807, 2.05) is 19.0 Å². The second-order valence-electron chi connectivity index (χ2n) is 4.09. The van der Waals surface area contributed by atoms with Gasteiger partial charge in [0.05, 0.1) is 0 Å². The maximum absolute atomic E-state index is 11.5. The van der Waals surface area contributed by atoms with Crippen LogP contribution in [0.2, 0.25) is 0 Å². The van der Waals surface area contributed by atoms with Crippen LogP contribution in [0.1, 0.15) is 13.3 Å². The van der Waals surface area contributed by atoms with E-state index < -0.39 is 12.0 Å². The molecule has 6 nitrogen and oxygen atoms in total. The molecule has 0 radical (unpaired) electrons. The fraction of sp³-hybridized carbons (Fsp3) is 0.800. The molecule has 2 amide bonds. The molecule has 0 saturated heterocycles. The van der Waals surface area contributed by atoms with Gasteiger partial charge in [0.2, 0.25) is 0 Å². The molecule has 16 heavy (non-hydrogen) atoms. The third-order valence-electron chi connectivity index (χ3n) is 2.16. The number of hydrogen-bond acceptors (Lipinski definition) is 3. The topological polar surface area (TPSA) is 72.9 Å². The van der Waals surface area contributed by atoms with Gasteiger partial charge in [-0.2, -0.15) is 0 Å². The summed E-state index contributed by atoms with van der Waals surface area (Å²) in [6.07, 6.45) is 0.859. The summed E-state index contributed by atoms with van der Waals surface area (Å²) >= 11 is 0. The number of nitrogens with zero attached hydrogens (tertiary/aromatic N) is 2. The summed E-state index contributed by atoms with van der Waals surface area (Å²) in [5.41, 5.74) is 0. The summed E-state index contributed by atoms with van der Waals surface area (Å²) in [5, 5.41) is 11.0. The third-order valence-corrected chi connectivity index (χ3v) is 2.16. The highest BCUT2D eigenvalue weighted by molar-refractivity contribution is 5.82. The fourth-order valence-electron chi connectivity index (χ4n) is 1.08. The molecule has 0 aliphatic heterocycles. The molecule has 2 N–H and O–H groups in total. The van der Waals surface area contributed by atoms with Crippen molar-refractivity contribution in [1.29, 1.82) is 0 Å². The van der Waals surface area contributed by atoms with Gasteiger partial charge in [-0.1, -0.05) is 0 Å². The number of carbonyl (C=O) groups is 2. The van der Waals surface area contributed by atoms with Gasteiger partial charge in [0.15, 0.2) is 0 Å². The van der Waals surface area contributed by atoms with Crippen molar-refractivity contribution >= 4 is 12.0 Å². The lowest BCUT2D eigenvalue weighted by atomic mass is 10.3. The molecular formula is C10H21N3O3. The number of carboxylic acids is 1. The summed E-state index contributed by atoms with van der Waals surface area (Å²) < 4.78 is 0. The Labute approximate surface area is 96.2 Å². The van der Waals surface area contributed by atoms with E-state index in [9.17, 15) is 9.59 Å². The molecule has 0 bridgehead atoms. The highest BCUT2D eigenvalue weighted by atomic mass is 16.4. The average molecular weight is 231 g/mol. The molecule has 1 atom stereocenters. The Morgan fingerprint density at radius 3 is 2.25 bits per heavy atom. The molecular weight excluding hydrogens is 210 g/mol. The molecule has 0 aromatic rings. The van der Waals surface area contributed by atoms with Crippen LogP contribution in [0.3, 0.4) is 0 Å². The molecule has 6 heteroatoms. The summed E-state index contributed by atoms with van der Waals surface area (Å²) in [6.45, 7) is 2.94. The Bertz CT molecular complexity index is 243. The standard InChI is InChI=1S/C10H21N3O3/c1-8(9(14)15)11-10(16)13(4)7-5-6-12(2)3/h8H,5-7H2,1-4H3,(H,11,16)(H,14,15). The van der Waals surface area contributed by atoms with Gasteiger partial charge >= 0.3 is 12.0 Å². The number of carbonyl (C=O) groups excluding carboxylic acids is 1. The minimum atomic E-state index is -1.03. The summed E-state index contributed by atoms with van der Waals surface area (Å²) in [6, 6.07) is -1.21. The van der Waals surface area contributed by atoms with Gasteiger partial charge in [-0.3, -0.25) is 4.79 Å². The van der Waals surface area contributed by atoms with E-state index in [-0.39, 0.29) is 6.03 Å². The van der Waals surface area contributed by atoms with Crippen LogP contribution in [0.15, 0.2) is 0 Å². The van der Waals surface area contributed by atoms with Crippen molar-refractivity contribution in [2.24, 2.45) is 0 Å². The number of carboxylic acid groups (broad SMARTS) is 1. The van der Waals surface area contributed by atoms with Crippen molar-refractivity contribution in [3.63, 3.8) is 0 Å². The van der Waals surface area contributed by atoms with E-state index in [4.69, 9.17) is 5.11 Å². The lowest BCUT2D eigenvalue weighted by molar-refractivity contribution is -0.138. The zero-order valence-corrected chi connectivity index (χ0v) is 10.4. The monoisotopic (exact) mass is 231 g/mol. The van der Waals surface area contributed by atoms with Crippen molar-refractivity contribution in [2.45, 2.75) is 19.4 Å². The van der Waals surface area contributed by atoms with Gasteiger partial charge in [0.25, 0.3) is 0 Å². The Balaban J connectivity index is 3.86. The molecule has 94 valence electrons. The van der Waals surface area contributed by atoms with Crippen LogP contribution in [-0.2, 0) is 4.79 Å². The van der Waals surface area contributed by atoms with Crippen molar-refractivity contribution in [2.75, 3.05) is 34.2 Å². The molecule has 0 aliphatic carbocycles. The number of rotatable bonds is 6. The molecule has 0 fully saturated rings. The largest absolute Gasteiger partial charge is 0.480 e. The maximum atomic E-state index is 11.5. The lowest BCUT2D eigenvalue weighted by Gasteiger charge is -2.20. The van der Waals surface area contributed by atoms with E-state index in [0.29, 0.717) is 6.54 Å². The van der Waals surface area contributed by atoms with Crippen LogP contribution in [0.4, 0.5) is 4.79 Å². The molecule has 0 rings (SSSR count). The average Bonchev–Trinajstić information content (AvgIpc) is 2.16. The zero-order chi connectivity index (χ0) is 12.7. The number of nitrogens with one attached hydrogen (secondary N) is 1. The second kappa shape index (κ2) is 7.05.